The van der Waals surface area contributed by atoms with Gasteiger partial charge in [-0.05, 0) is 46.2 Å². The van der Waals surface area contributed by atoms with Crippen molar-refractivity contribution in [2.75, 3.05) is 0 Å². The molecule has 0 radical (unpaired) electrons. The third kappa shape index (κ3) is 2.10. The molecule has 0 saturated carbocycles. The lowest BCUT2D eigenvalue weighted by Crippen LogP contribution is -2.41. The van der Waals surface area contributed by atoms with Crippen LogP contribution in [0.2, 0.25) is 5.02 Å². The molecule has 0 bridgehead atoms. The van der Waals surface area contributed by atoms with Crippen molar-refractivity contribution in [3.63, 3.8) is 0 Å². The molecule has 1 aliphatic rings. The number of fused-ring (bicyclic) bond motifs is 1. The Balaban J connectivity index is 2.20. The van der Waals surface area contributed by atoms with Gasteiger partial charge in [-0.25, -0.2) is 0 Å². The van der Waals surface area contributed by atoms with Crippen molar-refractivity contribution in [3.05, 3.63) is 22.8 Å². The van der Waals surface area contributed by atoms with Gasteiger partial charge < -0.3 is 9.31 Å². The zero-order valence-corrected chi connectivity index (χ0v) is 14.1. The number of hydrogen-bond donors (Lipinski definition) is 0. The Bertz CT molecular complexity index is 708. The Morgan fingerprint density at radius 1 is 1.19 bits per heavy atom. The normalized spacial score (nSPS) is 20.4. The first kappa shape index (κ1) is 14.9. The molecule has 1 fully saturated rings. The Hall–Kier alpha value is -1.04. The molecule has 3 rings (SSSR count). The lowest BCUT2D eigenvalue weighted by Gasteiger charge is -2.32. The van der Waals surface area contributed by atoms with Gasteiger partial charge in [-0.15, -0.1) is 0 Å². The van der Waals surface area contributed by atoms with Crippen molar-refractivity contribution in [1.82, 2.24) is 9.78 Å². The first-order valence-corrected chi connectivity index (χ1v) is 7.48. The van der Waals surface area contributed by atoms with E-state index >= 15 is 0 Å². The number of aromatic nitrogens is 2. The molecule has 1 aromatic heterocycles. The van der Waals surface area contributed by atoms with Crippen LogP contribution >= 0.6 is 11.6 Å². The van der Waals surface area contributed by atoms with E-state index in [-0.39, 0.29) is 11.2 Å². The van der Waals surface area contributed by atoms with Gasteiger partial charge in [-0.2, -0.15) is 5.10 Å². The predicted molar refractivity (Wildman–Crippen MR) is 86.2 cm³/mol. The summed E-state index contributed by atoms with van der Waals surface area (Å²) in [5.74, 6) is 0. The molecule has 4 nitrogen and oxygen atoms in total. The molecule has 1 saturated heterocycles. The summed E-state index contributed by atoms with van der Waals surface area (Å²) in [5, 5.41) is 6.00. The van der Waals surface area contributed by atoms with E-state index in [0.29, 0.717) is 5.02 Å². The van der Waals surface area contributed by atoms with Crippen LogP contribution in [0.5, 0.6) is 0 Å². The van der Waals surface area contributed by atoms with Gasteiger partial charge in [0, 0.05) is 22.9 Å². The Morgan fingerprint density at radius 2 is 1.76 bits per heavy atom. The molecule has 1 aliphatic heterocycles. The molecule has 112 valence electrons. The molecular weight excluding hydrogens is 286 g/mol. The molecule has 0 N–H and O–H groups in total. The standard InChI is InChI=1S/C15H20BClN2O2/c1-9-7-11-10(8-18-19(11)6)12(13(9)17)16-20-14(2,3)15(4,5)21-16/h7-8H,1-6H3. The maximum absolute atomic E-state index is 6.55. The summed E-state index contributed by atoms with van der Waals surface area (Å²) in [4.78, 5) is 0. The SMILES string of the molecule is Cc1cc2c(cnn2C)c(B2OC(C)(C)C(C)(C)O2)c1Cl. The van der Waals surface area contributed by atoms with Crippen LogP contribution in [0.1, 0.15) is 33.3 Å². The Labute approximate surface area is 130 Å². The second-order valence-electron chi connectivity index (χ2n) is 6.71. The maximum atomic E-state index is 6.55. The minimum Gasteiger partial charge on any atom is -0.399 e. The van der Waals surface area contributed by atoms with Crippen molar-refractivity contribution >= 4 is 35.1 Å². The van der Waals surface area contributed by atoms with Crippen LogP contribution in [-0.2, 0) is 16.4 Å². The van der Waals surface area contributed by atoms with Gasteiger partial charge in [0.15, 0.2) is 0 Å². The van der Waals surface area contributed by atoms with Crippen molar-refractivity contribution < 1.29 is 9.31 Å². The van der Waals surface area contributed by atoms with Gasteiger partial charge in [0.2, 0.25) is 0 Å². The molecule has 0 unspecified atom stereocenters. The topological polar surface area (TPSA) is 36.3 Å². The van der Waals surface area contributed by atoms with E-state index < -0.39 is 7.12 Å². The van der Waals surface area contributed by atoms with E-state index in [2.05, 4.69) is 5.10 Å². The van der Waals surface area contributed by atoms with Gasteiger partial charge >= 0.3 is 7.12 Å². The van der Waals surface area contributed by atoms with E-state index in [0.717, 1.165) is 21.9 Å². The quantitative estimate of drug-likeness (QED) is 0.760. The number of hydrogen-bond acceptors (Lipinski definition) is 3. The smallest absolute Gasteiger partial charge is 0.399 e. The summed E-state index contributed by atoms with van der Waals surface area (Å²) < 4.78 is 14.2. The molecular formula is C15H20BClN2O2. The highest BCUT2D eigenvalue weighted by Crippen LogP contribution is 2.38. The molecule has 0 amide bonds. The molecule has 6 heteroatoms. The first-order valence-electron chi connectivity index (χ1n) is 7.10. The van der Waals surface area contributed by atoms with Gasteiger partial charge in [-0.3, -0.25) is 4.68 Å². The van der Waals surface area contributed by atoms with Crippen LogP contribution in [0.3, 0.4) is 0 Å². The summed E-state index contributed by atoms with van der Waals surface area (Å²) in [5.41, 5.74) is 2.12. The number of halogens is 1. The van der Waals surface area contributed by atoms with Crippen molar-refractivity contribution in [2.45, 2.75) is 45.8 Å². The molecule has 2 aromatic rings. The van der Waals surface area contributed by atoms with E-state index in [1.807, 2.05) is 58.6 Å². The van der Waals surface area contributed by atoms with E-state index in [4.69, 9.17) is 20.9 Å². The maximum Gasteiger partial charge on any atom is 0.497 e. The molecule has 0 atom stereocenters. The van der Waals surface area contributed by atoms with Gasteiger partial charge in [-0.1, -0.05) is 11.6 Å². The molecule has 0 spiro atoms. The second-order valence-corrected chi connectivity index (χ2v) is 7.09. The highest BCUT2D eigenvalue weighted by atomic mass is 35.5. The zero-order chi connectivity index (χ0) is 15.6. The number of rotatable bonds is 1. The third-order valence-corrected chi connectivity index (χ3v) is 5.20. The highest BCUT2D eigenvalue weighted by Gasteiger charge is 2.52. The van der Waals surface area contributed by atoms with Gasteiger partial charge in [0.25, 0.3) is 0 Å². The minimum absolute atomic E-state index is 0.390. The van der Waals surface area contributed by atoms with Crippen LogP contribution in [0.25, 0.3) is 10.9 Å². The van der Waals surface area contributed by atoms with Crippen LogP contribution in [0, 0.1) is 6.92 Å². The molecule has 2 heterocycles. The van der Waals surface area contributed by atoms with E-state index in [1.165, 1.54) is 0 Å². The largest absolute Gasteiger partial charge is 0.497 e. The van der Waals surface area contributed by atoms with Crippen molar-refractivity contribution in [2.24, 2.45) is 7.05 Å². The summed E-state index contributed by atoms with van der Waals surface area (Å²) in [6, 6.07) is 2.04. The van der Waals surface area contributed by atoms with Crippen molar-refractivity contribution in [1.29, 1.82) is 0 Å². The fourth-order valence-corrected chi connectivity index (χ4v) is 2.86. The monoisotopic (exact) mass is 306 g/mol. The number of benzene rings is 1. The zero-order valence-electron chi connectivity index (χ0n) is 13.3. The summed E-state index contributed by atoms with van der Waals surface area (Å²) >= 11 is 6.55. The fraction of sp³-hybridized carbons (Fsp3) is 0.533. The Kier molecular flexibility index (Phi) is 3.17. The average Bonchev–Trinajstić information content (AvgIpc) is 2.80. The first-order chi connectivity index (χ1) is 9.64. The van der Waals surface area contributed by atoms with Crippen LogP contribution in [0.4, 0.5) is 0 Å². The summed E-state index contributed by atoms with van der Waals surface area (Å²) in [6.45, 7) is 10.1. The lowest BCUT2D eigenvalue weighted by atomic mass is 9.76. The number of nitrogens with zero attached hydrogens (tertiary/aromatic N) is 2. The Morgan fingerprint density at radius 3 is 2.33 bits per heavy atom. The van der Waals surface area contributed by atoms with E-state index in [1.54, 1.807) is 0 Å². The van der Waals surface area contributed by atoms with E-state index in [9.17, 15) is 0 Å². The molecule has 21 heavy (non-hydrogen) atoms. The highest BCUT2D eigenvalue weighted by molar-refractivity contribution is 6.68. The second kappa shape index (κ2) is 4.48. The van der Waals surface area contributed by atoms with Crippen LogP contribution in [-0.4, -0.2) is 28.1 Å². The van der Waals surface area contributed by atoms with Gasteiger partial charge in [0.1, 0.15) is 0 Å². The predicted octanol–water partition coefficient (Wildman–Crippen LogP) is 2.83. The fourth-order valence-electron chi connectivity index (χ4n) is 2.62. The summed E-state index contributed by atoms with van der Waals surface area (Å²) in [7, 11) is 1.44. The molecule has 1 aromatic carbocycles. The van der Waals surface area contributed by atoms with Gasteiger partial charge in [0.05, 0.1) is 22.9 Å². The summed E-state index contributed by atoms with van der Waals surface area (Å²) in [6.07, 6.45) is 1.82. The third-order valence-electron chi connectivity index (χ3n) is 4.70. The average molecular weight is 307 g/mol. The van der Waals surface area contributed by atoms with Crippen molar-refractivity contribution in [3.8, 4) is 0 Å². The van der Waals surface area contributed by atoms with Crippen LogP contribution in [0.15, 0.2) is 12.3 Å². The number of aryl methyl sites for hydroxylation is 2. The minimum atomic E-state index is -0.478. The lowest BCUT2D eigenvalue weighted by molar-refractivity contribution is 0.00578. The van der Waals surface area contributed by atoms with Crippen LogP contribution < -0.4 is 5.46 Å². The molecule has 0 aliphatic carbocycles.